The number of nitrogens with one attached hydrogen (secondary N) is 1. The van der Waals surface area contributed by atoms with Gasteiger partial charge in [0.2, 0.25) is 5.91 Å². The summed E-state index contributed by atoms with van der Waals surface area (Å²) in [6.07, 6.45) is 3.39. The summed E-state index contributed by atoms with van der Waals surface area (Å²) in [6, 6.07) is 9.79. The van der Waals surface area contributed by atoms with Gasteiger partial charge >= 0.3 is 0 Å². The van der Waals surface area contributed by atoms with Crippen LogP contribution in [0.5, 0.6) is 0 Å². The number of benzene rings is 1. The fourth-order valence-corrected chi connectivity index (χ4v) is 1.78. The number of nitrogens with two attached hydrogens (primary N) is 1. The van der Waals surface area contributed by atoms with E-state index in [1.807, 2.05) is 19.1 Å². The number of amides is 2. The molecule has 1 aromatic heterocycles. The lowest BCUT2D eigenvalue weighted by Gasteiger charge is -2.13. The van der Waals surface area contributed by atoms with Crippen LogP contribution >= 0.6 is 0 Å². The Morgan fingerprint density at radius 1 is 1.15 bits per heavy atom. The van der Waals surface area contributed by atoms with E-state index in [2.05, 4.69) is 10.3 Å². The number of hydrogen-bond donors (Lipinski definition) is 2. The first-order valence-corrected chi connectivity index (χ1v) is 6.18. The lowest BCUT2D eigenvalue weighted by molar-refractivity contribution is 0.0937. The average molecular weight is 269 g/mol. The van der Waals surface area contributed by atoms with Gasteiger partial charge in [-0.15, -0.1) is 0 Å². The molecular formula is C15H15N3O2. The van der Waals surface area contributed by atoms with Gasteiger partial charge in [-0.25, -0.2) is 0 Å². The van der Waals surface area contributed by atoms with Crippen LogP contribution in [0.25, 0.3) is 0 Å². The lowest BCUT2D eigenvalue weighted by Crippen LogP contribution is -2.26. The molecule has 0 spiro atoms. The van der Waals surface area contributed by atoms with E-state index >= 15 is 0 Å². The van der Waals surface area contributed by atoms with Crippen LogP contribution in [0.3, 0.4) is 0 Å². The molecule has 1 heterocycles. The van der Waals surface area contributed by atoms with Crippen LogP contribution in [0.2, 0.25) is 0 Å². The quantitative estimate of drug-likeness (QED) is 0.885. The molecule has 0 aliphatic carbocycles. The fraction of sp³-hybridized carbons (Fsp3) is 0.133. The topological polar surface area (TPSA) is 85.1 Å². The van der Waals surface area contributed by atoms with Crippen molar-refractivity contribution in [3.8, 4) is 0 Å². The molecule has 5 nitrogen and oxygen atoms in total. The van der Waals surface area contributed by atoms with Gasteiger partial charge in [0.15, 0.2) is 0 Å². The Kier molecular flexibility index (Phi) is 4.10. The predicted molar refractivity (Wildman–Crippen MR) is 75.1 cm³/mol. The molecule has 1 unspecified atom stereocenters. The van der Waals surface area contributed by atoms with E-state index in [-0.39, 0.29) is 11.9 Å². The summed E-state index contributed by atoms with van der Waals surface area (Å²) in [5.74, 6) is -0.724. The van der Waals surface area contributed by atoms with Crippen LogP contribution in [-0.4, -0.2) is 16.8 Å². The van der Waals surface area contributed by atoms with Gasteiger partial charge in [-0.1, -0.05) is 6.07 Å². The fourth-order valence-electron chi connectivity index (χ4n) is 1.78. The number of aromatic nitrogens is 1. The molecule has 0 radical (unpaired) electrons. The number of carbonyl (C=O) groups is 2. The minimum atomic E-state index is -0.513. The van der Waals surface area contributed by atoms with Crippen LogP contribution in [-0.2, 0) is 0 Å². The predicted octanol–water partition coefficient (Wildman–Crippen LogP) is 1.67. The van der Waals surface area contributed by atoms with Crippen molar-refractivity contribution in [1.82, 2.24) is 10.3 Å². The summed E-state index contributed by atoms with van der Waals surface area (Å²) in [7, 11) is 0. The minimum Gasteiger partial charge on any atom is -0.366 e. The van der Waals surface area contributed by atoms with Gasteiger partial charge in [0.1, 0.15) is 0 Å². The average Bonchev–Trinajstić information content (AvgIpc) is 2.48. The van der Waals surface area contributed by atoms with Gasteiger partial charge in [-0.2, -0.15) is 0 Å². The van der Waals surface area contributed by atoms with Gasteiger partial charge in [0, 0.05) is 23.5 Å². The van der Waals surface area contributed by atoms with E-state index in [1.165, 1.54) is 12.1 Å². The molecule has 0 aliphatic heterocycles. The summed E-state index contributed by atoms with van der Waals surface area (Å²) in [4.78, 5) is 27.0. The Morgan fingerprint density at radius 3 is 2.35 bits per heavy atom. The third-order valence-corrected chi connectivity index (χ3v) is 2.96. The van der Waals surface area contributed by atoms with Crippen molar-refractivity contribution in [2.75, 3.05) is 0 Å². The standard InChI is InChI=1S/C15H15N3O2/c1-10(13-3-2-8-17-9-13)18-15(20)12-6-4-11(5-7-12)14(16)19/h2-10H,1H3,(H2,16,19)(H,18,20). The first-order chi connectivity index (χ1) is 9.58. The highest BCUT2D eigenvalue weighted by molar-refractivity contribution is 5.97. The summed E-state index contributed by atoms with van der Waals surface area (Å²) in [5, 5.41) is 2.87. The molecular weight excluding hydrogens is 254 g/mol. The van der Waals surface area contributed by atoms with Gasteiger partial charge in [0.25, 0.3) is 5.91 Å². The second-order valence-electron chi connectivity index (χ2n) is 4.42. The van der Waals surface area contributed by atoms with Crippen molar-refractivity contribution in [3.63, 3.8) is 0 Å². The van der Waals surface area contributed by atoms with Gasteiger partial charge < -0.3 is 11.1 Å². The highest BCUT2D eigenvalue weighted by Gasteiger charge is 2.11. The molecule has 1 atom stereocenters. The molecule has 0 saturated heterocycles. The smallest absolute Gasteiger partial charge is 0.251 e. The highest BCUT2D eigenvalue weighted by Crippen LogP contribution is 2.11. The van der Waals surface area contributed by atoms with Crippen molar-refractivity contribution in [2.45, 2.75) is 13.0 Å². The van der Waals surface area contributed by atoms with Crippen molar-refractivity contribution in [3.05, 3.63) is 65.5 Å². The van der Waals surface area contributed by atoms with E-state index < -0.39 is 5.91 Å². The maximum atomic E-state index is 12.1. The first kappa shape index (κ1) is 13.7. The molecule has 2 amide bonds. The monoisotopic (exact) mass is 269 g/mol. The zero-order valence-corrected chi connectivity index (χ0v) is 11.0. The third kappa shape index (κ3) is 3.20. The SMILES string of the molecule is CC(NC(=O)c1ccc(C(N)=O)cc1)c1cccnc1. The summed E-state index contributed by atoms with van der Waals surface area (Å²) >= 11 is 0. The summed E-state index contributed by atoms with van der Waals surface area (Å²) < 4.78 is 0. The van der Waals surface area contributed by atoms with Gasteiger partial charge in [-0.05, 0) is 42.8 Å². The maximum absolute atomic E-state index is 12.1. The number of pyridine rings is 1. The lowest BCUT2D eigenvalue weighted by atomic mass is 10.1. The van der Waals surface area contributed by atoms with E-state index in [0.29, 0.717) is 11.1 Å². The van der Waals surface area contributed by atoms with Crippen LogP contribution in [0.1, 0.15) is 39.2 Å². The molecule has 3 N–H and O–H groups in total. The van der Waals surface area contributed by atoms with E-state index in [4.69, 9.17) is 5.73 Å². The Hall–Kier alpha value is -2.69. The molecule has 5 heteroatoms. The van der Waals surface area contributed by atoms with Crippen molar-refractivity contribution < 1.29 is 9.59 Å². The van der Waals surface area contributed by atoms with Crippen LogP contribution < -0.4 is 11.1 Å². The van der Waals surface area contributed by atoms with Gasteiger partial charge in [-0.3, -0.25) is 14.6 Å². The Balaban J connectivity index is 2.06. The molecule has 102 valence electrons. The number of primary amides is 1. The summed E-state index contributed by atoms with van der Waals surface area (Å²) in [6.45, 7) is 1.88. The Bertz CT molecular complexity index is 609. The Labute approximate surface area is 116 Å². The zero-order valence-electron chi connectivity index (χ0n) is 11.0. The van der Waals surface area contributed by atoms with Crippen LogP contribution in [0, 0.1) is 0 Å². The van der Waals surface area contributed by atoms with Gasteiger partial charge in [0.05, 0.1) is 6.04 Å². The van der Waals surface area contributed by atoms with Crippen LogP contribution in [0.4, 0.5) is 0 Å². The van der Waals surface area contributed by atoms with Crippen LogP contribution in [0.15, 0.2) is 48.8 Å². The molecule has 2 aromatic rings. The molecule has 0 aliphatic rings. The number of nitrogens with zero attached hydrogens (tertiary/aromatic N) is 1. The third-order valence-electron chi connectivity index (χ3n) is 2.96. The zero-order chi connectivity index (χ0) is 14.5. The normalized spacial score (nSPS) is 11.7. The molecule has 20 heavy (non-hydrogen) atoms. The van der Waals surface area contributed by atoms with Crippen molar-refractivity contribution >= 4 is 11.8 Å². The van der Waals surface area contributed by atoms with E-state index in [0.717, 1.165) is 5.56 Å². The van der Waals surface area contributed by atoms with Crippen molar-refractivity contribution in [2.24, 2.45) is 5.73 Å². The summed E-state index contributed by atoms with van der Waals surface area (Å²) in [5.41, 5.74) is 6.93. The molecule has 2 rings (SSSR count). The Morgan fingerprint density at radius 2 is 1.80 bits per heavy atom. The van der Waals surface area contributed by atoms with E-state index in [9.17, 15) is 9.59 Å². The highest BCUT2D eigenvalue weighted by atomic mass is 16.2. The van der Waals surface area contributed by atoms with Crippen molar-refractivity contribution in [1.29, 1.82) is 0 Å². The molecule has 0 fully saturated rings. The maximum Gasteiger partial charge on any atom is 0.251 e. The number of rotatable bonds is 4. The second-order valence-corrected chi connectivity index (χ2v) is 4.42. The molecule has 0 bridgehead atoms. The largest absolute Gasteiger partial charge is 0.366 e. The number of hydrogen-bond acceptors (Lipinski definition) is 3. The minimum absolute atomic E-state index is 0.146. The molecule has 1 aromatic carbocycles. The molecule has 0 saturated carbocycles. The first-order valence-electron chi connectivity index (χ1n) is 6.18. The van der Waals surface area contributed by atoms with E-state index in [1.54, 1.807) is 24.5 Å². The number of carbonyl (C=O) groups excluding carboxylic acids is 2. The second kappa shape index (κ2) is 5.97.